The van der Waals surface area contributed by atoms with Crippen LogP contribution in [0.1, 0.15) is 15.9 Å². The first kappa shape index (κ1) is 13.5. The number of likely N-dealkylation sites (N-methyl/N-ethyl adjacent to an activating group) is 1. The van der Waals surface area contributed by atoms with Crippen molar-refractivity contribution in [3.8, 4) is 0 Å². The Kier molecular flexibility index (Phi) is 4.04. The Morgan fingerprint density at radius 1 is 1.50 bits per heavy atom. The van der Waals surface area contributed by atoms with E-state index in [-0.39, 0.29) is 11.9 Å². The number of aryl methyl sites for hydroxylation is 1. The Morgan fingerprint density at radius 3 is 2.78 bits per heavy atom. The highest BCUT2D eigenvalue weighted by Gasteiger charge is 2.31. The van der Waals surface area contributed by atoms with Crippen molar-refractivity contribution in [2.75, 3.05) is 20.1 Å². The fraction of sp³-hybridized carbons (Fsp3) is 0.462. The van der Waals surface area contributed by atoms with Crippen LogP contribution in [-0.4, -0.2) is 48.2 Å². The third kappa shape index (κ3) is 2.58. The van der Waals surface area contributed by atoms with E-state index >= 15 is 0 Å². The van der Waals surface area contributed by atoms with Gasteiger partial charge in [0.2, 0.25) is 0 Å². The molecule has 1 aliphatic heterocycles. The maximum absolute atomic E-state index is 12.4. The van der Waals surface area contributed by atoms with E-state index in [1.54, 1.807) is 11.9 Å². The molecule has 98 valence electrons. The lowest BCUT2D eigenvalue weighted by Gasteiger charge is -2.27. The molecule has 1 aromatic rings. The summed E-state index contributed by atoms with van der Waals surface area (Å²) in [5, 5.41) is 12.9. The van der Waals surface area contributed by atoms with E-state index in [9.17, 15) is 9.90 Å². The van der Waals surface area contributed by atoms with Crippen molar-refractivity contribution in [1.82, 2.24) is 10.2 Å². The predicted octanol–water partition coefficient (Wildman–Crippen LogP) is 1.16. The second-order valence-corrected chi connectivity index (χ2v) is 5.58. The van der Waals surface area contributed by atoms with Gasteiger partial charge in [-0.2, -0.15) is 0 Å². The first-order chi connectivity index (χ1) is 8.50. The van der Waals surface area contributed by atoms with Gasteiger partial charge in [0.1, 0.15) is 0 Å². The molecule has 2 rings (SSSR count). The molecule has 0 aliphatic carbocycles. The number of hydrogen-bond donors (Lipinski definition) is 2. The molecule has 1 saturated heterocycles. The van der Waals surface area contributed by atoms with Crippen LogP contribution in [0.2, 0.25) is 0 Å². The summed E-state index contributed by atoms with van der Waals surface area (Å²) in [5.41, 5.74) is 1.61. The summed E-state index contributed by atoms with van der Waals surface area (Å²) in [6, 6.07) is 5.44. The highest BCUT2D eigenvalue weighted by molar-refractivity contribution is 9.10. The van der Waals surface area contributed by atoms with Crippen LogP contribution in [0.4, 0.5) is 0 Å². The van der Waals surface area contributed by atoms with Crippen LogP contribution < -0.4 is 5.32 Å². The molecule has 0 saturated carbocycles. The molecular formula is C13H17BrN2O2. The summed E-state index contributed by atoms with van der Waals surface area (Å²) in [7, 11) is 1.74. The number of β-amino-alcohol motifs (C(OH)–C–C–N with tert-alkyl or cyclic N) is 1. The average Bonchev–Trinajstić information content (AvgIpc) is 2.74. The molecule has 1 fully saturated rings. The molecule has 2 atom stereocenters. The topological polar surface area (TPSA) is 52.6 Å². The summed E-state index contributed by atoms with van der Waals surface area (Å²) in [6.45, 7) is 3.09. The summed E-state index contributed by atoms with van der Waals surface area (Å²) in [4.78, 5) is 14.0. The summed E-state index contributed by atoms with van der Waals surface area (Å²) in [5.74, 6) is -0.0484. The second-order valence-electron chi connectivity index (χ2n) is 4.67. The maximum Gasteiger partial charge on any atom is 0.254 e. The lowest BCUT2D eigenvalue weighted by atomic mass is 10.1. The summed E-state index contributed by atoms with van der Waals surface area (Å²) >= 11 is 3.38. The number of carbonyl (C=O) groups is 1. The molecule has 0 radical (unpaired) electrons. The van der Waals surface area contributed by atoms with Gasteiger partial charge in [-0.15, -0.1) is 0 Å². The predicted molar refractivity (Wildman–Crippen MR) is 73.6 cm³/mol. The standard InChI is InChI=1S/C13H17BrN2O2/c1-8-5-9(14)3-4-10(8)13(18)16(2)11-6-15-7-12(11)17/h3-5,11-12,15,17H,6-7H2,1-2H3/t11-,12-/m0/s1. The average molecular weight is 313 g/mol. The van der Waals surface area contributed by atoms with Gasteiger partial charge < -0.3 is 15.3 Å². The van der Waals surface area contributed by atoms with Crippen LogP contribution in [0.15, 0.2) is 22.7 Å². The van der Waals surface area contributed by atoms with Gasteiger partial charge in [0.25, 0.3) is 5.91 Å². The van der Waals surface area contributed by atoms with Gasteiger partial charge in [0, 0.05) is 30.2 Å². The molecule has 0 bridgehead atoms. The molecule has 1 amide bonds. The van der Waals surface area contributed by atoms with E-state index in [0.29, 0.717) is 18.7 Å². The number of rotatable bonds is 2. The highest BCUT2D eigenvalue weighted by Crippen LogP contribution is 2.19. The van der Waals surface area contributed by atoms with Crippen molar-refractivity contribution in [3.05, 3.63) is 33.8 Å². The molecule has 1 aromatic carbocycles. The summed E-state index contributed by atoms with van der Waals surface area (Å²) in [6.07, 6.45) is -0.491. The molecule has 1 aliphatic rings. The van der Waals surface area contributed by atoms with Crippen LogP contribution >= 0.6 is 15.9 Å². The minimum Gasteiger partial charge on any atom is -0.390 e. The molecular weight excluding hydrogens is 296 g/mol. The minimum atomic E-state index is -0.491. The number of nitrogens with zero attached hydrogens (tertiary/aromatic N) is 1. The third-order valence-electron chi connectivity index (χ3n) is 3.39. The molecule has 5 heteroatoms. The highest BCUT2D eigenvalue weighted by atomic mass is 79.9. The van der Waals surface area contributed by atoms with Crippen molar-refractivity contribution in [3.63, 3.8) is 0 Å². The number of carbonyl (C=O) groups excluding carboxylic acids is 1. The van der Waals surface area contributed by atoms with E-state index < -0.39 is 6.10 Å². The minimum absolute atomic E-state index is 0.0484. The molecule has 0 unspecified atom stereocenters. The number of aliphatic hydroxyl groups is 1. The largest absolute Gasteiger partial charge is 0.390 e. The van der Waals surface area contributed by atoms with E-state index in [0.717, 1.165) is 10.0 Å². The third-order valence-corrected chi connectivity index (χ3v) is 3.88. The second kappa shape index (κ2) is 5.38. The van der Waals surface area contributed by atoms with Gasteiger partial charge in [-0.1, -0.05) is 15.9 Å². The number of aliphatic hydroxyl groups excluding tert-OH is 1. The molecule has 0 spiro atoms. The number of halogens is 1. The molecule has 18 heavy (non-hydrogen) atoms. The fourth-order valence-electron chi connectivity index (χ4n) is 2.25. The van der Waals surface area contributed by atoms with Gasteiger partial charge in [0.15, 0.2) is 0 Å². The smallest absolute Gasteiger partial charge is 0.254 e. The fourth-order valence-corrected chi connectivity index (χ4v) is 2.73. The molecule has 0 aromatic heterocycles. The van der Waals surface area contributed by atoms with Crippen molar-refractivity contribution < 1.29 is 9.90 Å². The first-order valence-electron chi connectivity index (χ1n) is 5.93. The van der Waals surface area contributed by atoms with Gasteiger partial charge in [-0.25, -0.2) is 0 Å². The zero-order valence-corrected chi connectivity index (χ0v) is 12.1. The van der Waals surface area contributed by atoms with Crippen LogP contribution in [-0.2, 0) is 0 Å². The van der Waals surface area contributed by atoms with Crippen molar-refractivity contribution in [1.29, 1.82) is 0 Å². The Morgan fingerprint density at radius 2 is 2.22 bits per heavy atom. The lowest BCUT2D eigenvalue weighted by molar-refractivity contribution is 0.0580. The normalized spacial score (nSPS) is 23.1. The monoisotopic (exact) mass is 312 g/mol. The van der Waals surface area contributed by atoms with Crippen molar-refractivity contribution in [2.24, 2.45) is 0 Å². The van der Waals surface area contributed by atoms with Gasteiger partial charge >= 0.3 is 0 Å². The maximum atomic E-state index is 12.4. The Bertz CT molecular complexity index is 464. The van der Waals surface area contributed by atoms with E-state index in [2.05, 4.69) is 21.2 Å². The lowest BCUT2D eigenvalue weighted by Crippen LogP contribution is -2.44. The SMILES string of the molecule is Cc1cc(Br)ccc1C(=O)N(C)[C@H]1CNC[C@@H]1O. The molecule has 2 N–H and O–H groups in total. The van der Waals surface area contributed by atoms with E-state index in [4.69, 9.17) is 0 Å². The van der Waals surface area contributed by atoms with E-state index in [1.807, 2.05) is 25.1 Å². The Labute approximate surface area is 115 Å². The van der Waals surface area contributed by atoms with Crippen LogP contribution in [0.25, 0.3) is 0 Å². The zero-order valence-electron chi connectivity index (χ0n) is 10.5. The quantitative estimate of drug-likeness (QED) is 0.861. The summed E-state index contributed by atoms with van der Waals surface area (Å²) < 4.78 is 0.960. The number of benzene rings is 1. The van der Waals surface area contributed by atoms with Gasteiger partial charge in [0.05, 0.1) is 12.1 Å². The number of nitrogens with one attached hydrogen (secondary N) is 1. The molecule has 4 nitrogen and oxygen atoms in total. The van der Waals surface area contributed by atoms with Crippen molar-refractivity contribution in [2.45, 2.75) is 19.1 Å². The number of amides is 1. The Balaban J connectivity index is 2.20. The van der Waals surface area contributed by atoms with Crippen LogP contribution in [0, 0.1) is 6.92 Å². The van der Waals surface area contributed by atoms with E-state index in [1.165, 1.54) is 0 Å². The Hall–Kier alpha value is -0.910. The van der Waals surface area contributed by atoms with Crippen LogP contribution in [0.5, 0.6) is 0 Å². The van der Waals surface area contributed by atoms with Gasteiger partial charge in [-0.05, 0) is 30.7 Å². The number of hydrogen-bond acceptors (Lipinski definition) is 3. The van der Waals surface area contributed by atoms with Crippen molar-refractivity contribution >= 4 is 21.8 Å². The molecule has 1 heterocycles. The first-order valence-corrected chi connectivity index (χ1v) is 6.72. The zero-order chi connectivity index (χ0) is 13.3. The van der Waals surface area contributed by atoms with Gasteiger partial charge in [-0.3, -0.25) is 4.79 Å². The van der Waals surface area contributed by atoms with Crippen LogP contribution in [0.3, 0.4) is 0 Å².